The van der Waals surface area contributed by atoms with Gasteiger partial charge in [-0.05, 0) is 86.0 Å². The van der Waals surface area contributed by atoms with Crippen LogP contribution in [0.25, 0.3) is 0 Å². The number of aromatic nitrogens is 3. The lowest BCUT2D eigenvalue weighted by atomic mass is 10.1. The Labute approximate surface area is 187 Å². The van der Waals surface area contributed by atoms with E-state index in [-0.39, 0.29) is 5.91 Å². The number of hydrogen-bond acceptors (Lipinski definition) is 6. The fourth-order valence-electron chi connectivity index (χ4n) is 3.10. The number of amides is 1. The first-order valence-corrected chi connectivity index (χ1v) is 10.2. The van der Waals surface area contributed by atoms with E-state index in [0.29, 0.717) is 22.9 Å². The number of nitrogens with zero attached hydrogens (tertiary/aromatic N) is 3. The SMILES string of the molecule is Cc1ccnc(Nc2cc(Nc3ccc(NC(=O)c4ccc(C)c(C)c4)cc3)ncn2)c1. The van der Waals surface area contributed by atoms with Crippen LogP contribution >= 0.6 is 0 Å². The highest BCUT2D eigenvalue weighted by Gasteiger charge is 2.08. The normalized spacial score (nSPS) is 10.5. The summed E-state index contributed by atoms with van der Waals surface area (Å²) >= 11 is 0. The lowest BCUT2D eigenvalue weighted by molar-refractivity contribution is 0.102. The average Bonchev–Trinajstić information content (AvgIpc) is 2.77. The predicted molar refractivity (Wildman–Crippen MR) is 128 cm³/mol. The van der Waals surface area contributed by atoms with Crippen molar-refractivity contribution in [3.05, 3.63) is 95.4 Å². The molecule has 160 valence electrons. The number of benzene rings is 2. The fraction of sp³-hybridized carbons (Fsp3) is 0.120. The molecule has 7 nitrogen and oxygen atoms in total. The van der Waals surface area contributed by atoms with Crippen molar-refractivity contribution < 1.29 is 4.79 Å². The molecular formula is C25H24N6O. The minimum absolute atomic E-state index is 0.134. The lowest BCUT2D eigenvalue weighted by Gasteiger charge is -2.10. The van der Waals surface area contributed by atoms with Crippen molar-refractivity contribution in [2.75, 3.05) is 16.0 Å². The van der Waals surface area contributed by atoms with Crippen molar-refractivity contribution in [1.82, 2.24) is 15.0 Å². The van der Waals surface area contributed by atoms with E-state index >= 15 is 0 Å². The summed E-state index contributed by atoms with van der Waals surface area (Å²) in [6.07, 6.45) is 3.23. The van der Waals surface area contributed by atoms with E-state index < -0.39 is 0 Å². The number of pyridine rings is 1. The van der Waals surface area contributed by atoms with Gasteiger partial charge in [-0.1, -0.05) is 6.07 Å². The minimum atomic E-state index is -0.134. The van der Waals surface area contributed by atoms with E-state index in [1.807, 2.05) is 75.4 Å². The van der Waals surface area contributed by atoms with Crippen molar-refractivity contribution in [2.24, 2.45) is 0 Å². The Bertz CT molecular complexity index is 1250. The summed E-state index contributed by atoms with van der Waals surface area (Å²) in [7, 11) is 0. The summed E-state index contributed by atoms with van der Waals surface area (Å²) in [5.41, 5.74) is 5.56. The number of carbonyl (C=O) groups excluding carboxylic acids is 1. The van der Waals surface area contributed by atoms with E-state index in [0.717, 1.165) is 28.2 Å². The molecule has 7 heteroatoms. The molecular weight excluding hydrogens is 400 g/mol. The second-order valence-corrected chi connectivity index (χ2v) is 7.59. The van der Waals surface area contributed by atoms with Crippen LogP contribution in [-0.4, -0.2) is 20.9 Å². The number of hydrogen-bond donors (Lipinski definition) is 3. The van der Waals surface area contributed by atoms with Gasteiger partial charge in [0.1, 0.15) is 23.8 Å². The molecule has 0 radical (unpaired) electrons. The Hall–Kier alpha value is -4.26. The standard InChI is InChI=1S/C25H24N6O/c1-16-10-11-26-22(12-16)31-24-14-23(27-15-28-24)29-20-6-8-21(9-7-20)30-25(32)19-5-4-17(2)18(3)13-19/h4-15H,1-3H3,(H,30,32)(H2,26,27,28,29,31). The number of anilines is 5. The molecule has 0 saturated heterocycles. The highest BCUT2D eigenvalue weighted by molar-refractivity contribution is 6.04. The van der Waals surface area contributed by atoms with E-state index in [4.69, 9.17) is 0 Å². The first-order valence-electron chi connectivity index (χ1n) is 10.2. The first-order chi connectivity index (χ1) is 15.5. The molecule has 0 unspecified atom stereocenters. The van der Waals surface area contributed by atoms with E-state index in [9.17, 15) is 4.79 Å². The van der Waals surface area contributed by atoms with Gasteiger partial charge in [-0.15, -0.1) is 0 Å². The molecule has 32 heavy (non-hydrogen) atoms. The van der Waals surface area contributed by atoms with Crippen molar-refractivity contribution in [3.8, 4) is 0 Å². The first kappa shape index (κ1) is 21.0. The molecule has 2 heterocycles. The van der Waals surface area contributed by atoms with Crippen molar-refractivity contribution >= 4 is 34.7 Å². The Morgan fingerprint density at radius 2 is 1.38 bits per heavy atom. The second-order valence-electron chi connectivity index (χ2n) is 7.59. The van der Waals surface area contributed by atoms with E-state index in [1.165, 1.54) is 6.33 Å². The number of rotatable bonds is 6. The molecule has 2 aromatic heterocycles. The molecule has 2 aromatic carbocycles. The van der Waals surface area contributed by atoms with Crippen LogP contribution in [0.5, 0.6) is 0 Å². The van der Waals surface area contributed by atoms with Gasteiger partial charge >= 0.3 is 0 Å². The van der Waals surface area contributed by atoms with Crippen LogP contribution in [0, 0.1) is 20.8 Å². The number of aryl methyl sites for hydroxylation is 3. The van der Waals surface area contributed by atoms with E-state index in [2.05, 4.69) is 30.9 Å². The summed E-state index contributed by atoms with van der Waals surface area (Å²) in [5.74, 6) is 1.86. The zero-order valence-corrected chi connectivity index (χ0v) is 18.2. The van der Waals surface area contributed by atoms with Crippen molar-refractivity contribution in [2.45, 2.75) is 20.8 Å². The lowest BCUT2D eigenvalue weighted by Crippen LogP contribution is -2.12. The monoisotopic (exact) mass is 424 g/mol. The van der Waals surface area contributed by atoms with Gasteiger partial charge in [0.15, 0.2) is 0 Å². The maximum absolute atomic E-state index is 12.5. The van der Waals surface area contributed by atoms with Gasteiger partial charge in [0.25, 0.3) is 5.91 Å². The Morgan fingerprint density at radius 1 is 0.688 bits per heavy atom. The van der Waals surface area contributed by atoms with Gasteiger partial charge in [0, 0.05) is 29.2 Å². The van der Waals surface area contributed by atoms with Gasteiger partial charge in [-0.2, -0.15) is 0 Å². The van der Waals surface area contributed by atoms with Crippen LogP contribution in [0.15, 0.2) is 73.2 Å². The van der Waals surface area contributed by atoms with Gasteiger partial charge in [-0.25, -0.2) is 15.0 Å². The number of carbonyl (C=O) groups is 1. The van der Waals surface area contributed by atoms with Crippen LogP contribution < -0.4 is 16.0 Å². The maximum Gasteiger partial charge on any atom is 0.255 e. The molecule has 0 aliphatic heterocycles. The second kappa shape index (κ2) is 9.26. The molecule has 0 aliphatic rings. The molecule has 0 saturated carbocycles. The van der Waals surface area contributed by atoms with Crippen LogP contribution in [0.3, 0.4) is 0 Å². The summed E-state index contributed by atoms with van der Waals surface area (Å²) in [5, 5.41) is 9.35. The highest BCUT2D eigenvalue weighted by atomic mass is 16.1. The average molecular weight is 425 g/mol. The van der Waals surface area contributed by atoms with Gasteiger partial charge in [-0.3, -0.25) is 4.79 Å². The van der Waals surface area contributed by atoms with Crippen LogP contribution in [-0.2, 0) is 0 Å². The third kappa shape index (κ3) is 5.26. The molecule has 0 bridgehead atoms. The molecule has 0 aliphatic carbocycles. The Balaban J connectivity index is 1.40. The van der Waals surface area contributed by atoms with Gasteiger partial charge in [0.05, 0.1) is 0 Å². The van der Waals surface area contributed by atoms with Crippen LogP contribution in [0.4, 0.5) is 28.8 Å². The molecule has 4 rings (SSSR count). The fourth-order valence-corrected chi connectivity index (χ4v) is 3.10. The van der Waals surface area contributed by atoms with Crippen LogP contribution in [0.2, 0.25) is 0 Å². The zero-order valence-electron chi connectivity index (χ0n) is 18.2. The molecule has 3 N–H and O–H groups in total. The topological polar surface area (TPSA) is 91.8 Å². The summed E-state index contributed by atoms with van der Waals surface area (Å²) < 4.78 is 0. The summed E-state index contributed by atoms with van der Waals surface area (Å²) in [4.78, 5) is 25.3. The van der Waals surface area contributed by atoms with Crippen LogP contribution in [0.1, 0.15) is 27.0 Å². The molecule has 0 spiro atoms. The van der Waals surface area contributed by atoms with Crippen molar-refractivity contribution in [3.63, 3.8) is 0 Å². The Morgan fingerprint density at radius 3 is 2.09 bits per heavy atom. The summed E-state index contributed by atoms with van der Waals surface area (Å²) in [6.45, 7) is 6.03. The summed E-state index contributed by atoms with van der Waals surface area (Å²) in [6, 6.07) is 18.8. The smallest absolute Gasteiger partial charge is 0.255 e. The molecule has 4 aromatic rings. The number of nitrogens with one attached hydrogen (secondary N) is 3. The predicted octanol–water partition coefficient (Wildman–Crippen LogP) is 5.54. The molecule has 1 amide bonds. The van der Waals surface area contributed by atoms with E-state index in [1.54, 1.807) is 12.3 Å². The molecule has 0 fully saturated rings. The highest BCUT2D eigenvalue weighted by Crippen LogP contribution is 2.21. The maximum atomic E-state index is 12.5. The largest absolute Gasteiger partial charge is 0.340 e. The van der Waals surface area contributed by atoms with Crippen molar-refractivity contribution in [1.29, 1.82) is 0 Å². The Kier molecular flexibility index (Phi) is 6.07. The zero-order chi connectivity index (χ0) is 22.5. The molecule has 0 atom stereocenters. The van der Waals surface area contributed by atoms with Gasteiger partial charge in [0.2, 0.25) is 0 Å². The third-order valence-electron chi connectivity index (χ3n) is 5.02. The van der Waals surface area contributed by atoms with Gasteiger partial charge < -0.3 is 16.0 Å². The quantitative estimate of drug-likeness (QED) is 0.377. The third-order valence-corrected chi connectivity index (χ3v) is 5.02. The minimum Gasteiger partial charge on any atom is -0.340 e.